The van der Waals surface area contributed by atoms with Gasteiger partial charge in [0, 0.05) is 44.0 Å². The lowest BCUT2D eigenvalue weighted by atomic mass is 10.0. The number of aromatic amines is 1. The van der Waals surface area contributed by atoms with E-state index in [2.05, 4.69) is 9.97 Å². The monoisotopic (exact) mass is 424 g/mol. The maximum absolute atomic E-state index is 14.4. The van der Waals surface area contributed by atoms with Crippen molar-refractivity contribution in [2.24, 2.45) is 0 Å². The van der Waals surface area contributed by atoms with Crippen molar-refractivity contribution in [2.45, 2.75) is 0 Å². The molecule has 1 aromatic carbocycles. The largest absolute Gasteiger partial charge is 0.478 e. The number of piperazine rings is 1. The van der Waals surface area contributed by atoms with Gasteiger partial charge in [-0.05, 0) is 24.3 Å². The number of amides is 2. The second kappa shape index (κ2) is 7.98. The fraction of sp³-hybridized carbons (Fsp3) is 0.190. The van der Waals surface area contributed by atoms with E-state index in [-0.39, 0.29) is 54.1 Å². The number of hydrogen-bond donors (Lipinski definition) is 2. The third-order valence-electron chi connectivity index (χ3n) is 5.19. The van der Waals surface area contributed by atoms with Crippen molar-refractivity contribution in [3.8, 4) is 0 Å². The minimum atomic E-state index is -1.29. The summed E-state index contributed by atoms with van der Waals surface area (Å²) in [5.41, 5.74) is -0.201. The zero-order valence-electron chi connectivity index (χ0n) is 16.2. The molecule has 0 radical (unpaired) electrons. The molecule has 2 amide bonds. The average Bonchev–Trinajstić information content (AvgIpc) is 3.24. The molecular formula is C21H17FN4O5. The number of hydrogen-bond acceptors (Lipinski definition) is 5. The van der Waals surface area contributed by atoms with Crippen molar-refractivity contribution in [3.05, 3.63) is 65.4 Å². The van der Waals surface area contributed by atoms with E-state index in [0.717, 1.165) is 18.3 Å². The van der Waals surface area contributed by atoms with E-state index in [4.69, 9.17) is 0 Å². The summed E-state index contributed by atoms with van der Waals surface area (Å²) in [5.74, 6) is -4.14. The fourth-order valence-electron chi connectivity index (χ4n) is 3.59. The summed E-state index contributed by atoms with van der Waals surface area (Å²) in [6, 6.07) is 7.04. The van der Waals surface area contributed by atoms with E-state index in [1.165, 1.54) is 11.1 Å². The Balaban J connectivity index is 1.50. The number of H-pyrrole nitrogens is 1. The number of nitrogens with one attached hydrogen (secondary N) is 1. The summed E-state index contributed by atoms with van der Waals surface area (Å²) >= 11 is 0. The number of halogens is 1. The van der Waals surface area contributed by atoms with Gasteiger partial charge in [-0.25, -0.2) is 9.18 Å². The van der Waals surface area contributed by atoms with Gasteiger partial charge in [0.1, 0.15) is 11.5 Å². The number of carboxylic acid groups (broad SMARTS) is 1. The van der Waals surface area contributed by atoms with Crippen molar-refractivity contribution in [3.63, 3.8) is 0 Å². The van der Waals surface area contributed by atoms with E-state index >= 15 is 0 Å². The Hall–Kier alpha value is -4.08. The number of carboxylic acids is 1. The first-order chi connectivity index (χ1) is 14.9. The average molecular weight is 424 g/mol. The Kier molecular flexibility index (Phi) is 5.20. The highest BCUT2D eigenvalue weighted by Crippen LogP contribution is 2.26. The predicted molar refractivity (Wildman–Crippen MR) is 106 cm³/mol. The zero-order valence-corrected chi connectivity index (χ0v) is 16.2. The van der Waals surface area contributed by atoms with Gasteiger partial charge in [-0.3, -0.25) is 19.4 Å². The lowest BCUT2D eigenvalue weighted by molar-refractivity contribution is -0.127. The van der Waals surface area contributed by atoms with E-state index in [1.807, 2.05) is 0 Å². The molecule has 2 aromatic heterocycles. The van der Waals surface area contributed by atoms with E-state index in [1.54, 1.807) is 23.1 Å². The molecule has 0 atom stereocenters. The van der Waals surface area contributed by atoms with Gasteiger partial charge in [-0.1, -0.05) is 6.07 Å². The van der Waals surface area contributed by atoms with Gasteiger partial charge in [0.15, 0.2) is 0 Å². The second-order valence-corrected chi connectivity index (χ2v) is 6.98. The van der Waals surface area contributed by atoms with Gasteiger partial charge >= 0.3 is 5.97 Å². The molecule has 0 spiro atoms. The number of fused-ring (bicyclic) bond motifs is 1. The number of carbonyl (C=O) groups excluding carboxylic acids is 3. The maximum Gasteiger partial charge on any atom is 0.337 e. The smallest absolute Gasteiger partial charge is 0.337 e. The fourth-order valence-corrected chi connectivity index (χ4v) is 3.59. The molecule has 9 nitrogen and oxygen atoms in total. The highest BCUT2D eigenvalue weighted by Gasteiger charge is 2.31. The van der Waals surface area contributed by atoms with Crippen LogP contribution < -0.4 is 0 Å². The van der Waals surface area contributed by atoms with Crippen LogP contribution in [0.25, 0.3) is 10.9 Å². The molecule has 1 fully saturated rings. The van der Waals surface area contributed by atoms with Crippen molar-refractivity contribution in [2.75, 3.05) is 26.2 Å². The number of carbonyl (C=O) groups is 4. The number of aromatic nitrogens is 2. The number of rotatable bonds is 4. The summed E-state index contributed by atoms with van der Waals surface area (Å²) in [4.78, 5) is 58.7. The van der Waals surface area contributed by atoms with Crippen molar-refractivity contribution >= 4 is 34.5 Å². The third-order valence-corrected chi connectivity index (χ3v) is 5.19. The first-order valence-electron chi connectivity index (χ1n) is 9.45. The van der Waals surface area contributed by atoms with Crippen LogP contribution in [0, 0.1) is 5.82 Å². The standard InChI is InChI=1S/C21H17FN4O5/c22-14-5-4-12(21(30)31)17-16(14)13(11-24-17)18(27)20(29)26-9-7-25(8-10-26)19(28)15-3-1-2-6-23-15/h1-6,11,24H,7-10H2,(H,30,31). The Morgan fingerprint density at radius 2 is 1.68 bits per heavy atom. The first-order valence-corrected chi connectivity index (χ1v) is 9.45. The molecule has 3 aromatic rings. The Morgan fingerprint density at radius 3 is 2.32 bits per heavy atom. The number of ketones is 1. The molecule has 2 N–H and O–H groups in total. The maximum atomic E-state index is 14.4. The molecule has 1 aliphatic rings. The normalized spacial score (nSPS) is 14.0. The molecule has 1 saturated heterocycles. The van der Waals surface area contributed by atoms with Crippen LogP contribution in [0.3, 0.4) is 0 Å². The van der Waals surface area contributed by atoms with Crippen LogP contribution in [-0.2, 0) is 4.79 Å². The van der Waals surface area contributed by atoms with E-state index < -0.39 is 23.5 Å². The molecule has 31 heavy (non-hydrogen) atoms. The van der Waals surface area contributed by atoms with Gasteiger partial charge in [0.25, 0.3) is 17.6 Å². The second-order valence-electron chi connectivity index (χ2n) is 6.98. The summed E-state index contributed by atoms with van der Waals surface area (Å²) in [5, 5.41) is 9.01. The third kappa shape index (κ3) is 3.63. The zero-order chi connectivity index (χ0) is 22.1. The molecule has 0 aliphatic carbocycles. The Bertz CT molecular complexity index is 1200. The van der Waals surface area contributed by atoms with Gasteiger partial charge in [-0.15, -0.1) is 0 Å². The van der Waals surface area contributed by atoms with Crippen LogP contribution in [0.4, 0.5) is 4.39 Å². The minimum absolute atomic E-state index is 0.0607. The topological polar surface area (TPSA) is 124 Å². The SMILES string of the molecule is O=C(O)c1ccc(F)c2c(C(=O)C(=O)N3CCN(C(=O)c4ccccn4)CC3)c[nH]c12. The molecule has 158 valence electrons. The Morgan fingerprint density at radius 1 is 0.968 bits per heavy atom. The first kappa shape index (κ1) is 20.2. The van der Waals surface area contributed by atoms with Crippen molar-refractivity contribution in [1.82, 2.24) is 19.8 Å². The number of aromatic carboxylic acids is 1. The van der Waals surface area contributed by atoms with Crippen LogP contribution in [0.5, 0.6) is 0 Å². The number of Topliss-reactive ketones (excluding diaryl/α,β-unsaturated/α-hetero) is 1. The number of nitrogens with zero attached hydrogens (tertiary/aromatic N) is 3. The van der Waals surface area contributed by atoms with Crippen LogP contribution in [-0.4, -0.2) is 74.6 Å². The van der Waals surface area contributed by atoms with Gasteiger partial charge in [-0.2, -0.15) is 0 Å². The van der Waals surface area contributed by atoms with Gasteiger partial charge in [0.2, 0.25) is 0 Å². The van der Waals surface area contributed by atoms with Gasteiger partial charge < -0.3 is 19.9 Å². The van der Waals surface area contributed by atoms with Crippen LogP contribution in [0.2, 0.25) is 0 Å². The predicted octanol–water partition coefficient (Wildman–Crippen LogP) is 1.57. The number of pyridine rings is 1. The summed E-state index contributed by atoms with van der Waals surface area (Å²) in [6.45, 7) is 0.711. The highest BCUT2D eigenvalue weighted by molar-refractivity contribution is 6.45. The van der Waals surface area contributed by atoms with E-state index in [0.29, 0.717) is 5.69 Å². The minimum Gasteiger partial charge on any atom is -0.478 e. The molecule has 0 bridgehead atoms. The summed E-state index contributed by atoms with van der Waals surface area (Å²) in [7, 11) is 0. The van der Waals surface area contributed by atoms with Crippen molar-refractivity contribution < 1.29 is 28.7 Å². The molecule has 4 rings (SSSR count). The Labute approximate surface area is 175 Å². The highest BCUT2D eigenvalue weighted by atomic mass is 19.1. The molecule has 3 heterocycles. The van der Waals surface area contributed by atoms with Crippen LogP contribution in [0.1, 0.15) is 31.2 Å². The molecule has 0 unspecified atom stereocenters. The summed E-state index contributed by atoms with van der Waals surface area (Å²) in [6.07, 6.45) is 2.66. The van der Waals surface area contributed by atoms with E-state index in [9.17, 15) is 28.7 Å². The lowest BCUT2D eigenvalue weighted by Gasteiger charge is -2.34. The molecule has 10 heteroatoms. The van der Waals surface area contributed by atoms with Gasteiger partial charge in [0.05, 0.1) is 16.6 Å². The van der Waals surface area contributed by atoms with Crippen molar-refractivity contribution in [1.29, 1.82) is 0 Å². The van der Waals surface area contributed by atoms with Crippen LogP contribution in [0.15, 0.2) is 42.7 Å². The molecule has 0 saturated carbocycles. The number of benzene rings is 1. The van der Waals surface area contributed by atoms with Crippen LogP contribution >= 0.6 is 0 Å². The lowest BCUT2D eigenvalue weighted by Crippen LogP contribution is -2.52. The molecule has 1 aliphatic heterocycles. The summed E-state index contributed by atoms with van der Waals surface area (Å²) < 4.78 is 14.4. The quantitative estimate of drug-likeness (QED) is 0.484. The molecular weight excluding hydrogens is 407 g/mol.